The minimum absolute atomic E-state index is 0.351. The number of carboxylic acids is 1. The van der Waals surface area contributed by atoms with E-state index in [-0.39, 0.29) is 0 Å². The van der Waals surface area contributed by atoms with Crippen LogP contribution in [0.2, 0.25) is 0 Å². The van der Waals surface area contributed by atoms with Gasteiger partial charge in [0.2, 0.25) is 0 Å². The Hall–Kier alpha value is -2.03. The first-order chi connectivity index (χ1) is 8.13. The number of nitrogens with zero attached hydrogens (tertiary/aromatic N) is 1. The summed E-state index contributed by atoms with van der Waals surface area (Å²) < 4.78 is 1.95. The molecular weight excluding hydrogens is 214 g/mol. The Bertz CT molecular complexity index is 581. The summed E-state index contributed by atoms with van der Waals surface area (Å²) in [5.74, 6) is -0.887. The van der Waals surface area contributed by atoms with E-state index in [2.05, 4.69) is 6.58 Å². The number of allylic oxidation sites excluding steroid dienone is 1. The highest BCUT2D eigenvalue weighted by atomic mass is 16.4. The second kappa shape index (κ2) is 4.45. The van der Waals surface area contributed by atoms with Gasteiger partial charge in [0.15, 0.2) is 0 Å². The number of rotatable bonds is 4. The Morgan fingerprint density at radius 2 is 2.12 bits per heavy atom. The molecule has 2 rings (SSSR count). The fourth-order valence-corrected chi connectivity index (χ4v) is 1.90. The SMILES string of the molecule is C=C(CC)Cn1cc(C(=O)O)c2ccccc21. The molecule has 0 spiro atoms. The zero-order valence-electron chi connectivity index (χ0n) is 9.81. The van der Waals surface area contributed by atoms with Gasteiger partial charge in [-0.15, -0.1) is 0 Å². The fraction of sp³-hybridized carbons (Fsp3) is 0.214. The van der Waals surface area contributed by atoms with E-state index in [1.807, 2.05) is 35.8 Å². The topological polar surface area (TPSA) is 42.2 Å². The van der Waals surface area contributed by atoms with Crippen LogP contribution in [0.1, 0.15) is 23.7 Å². The second-order valence-corrected chi connectivity index (χ2v) is 4.10. The maximum Gasteiger partial charge on any atom is 0.337 e. The van der Waals surface area contributed by atoms with E-state index in [1.54, 1.807) is 6.20 Å². The largest absolute Gasteiger partial charge is 0.478 e. The molecule has 0 aliphatic heterocycles. The van der Waals surface area contributed by atoms with Crippen molar-refractivity contribution >= 4 is 16.9 Å². The molecule has 3 nitrogen and oxygen atoms in total. The van der Waals surface area contributed by atoms with Gasteiger partial charge in [0.1, 0.15) is 0 Å². The Kier molecular flexibility index (Phi) is 3.00. The van der Waals surface area contributed by atoms with Crippen LogP contribution < -0.4 is 0 Å². The minimum Gasteiger partial charge on any atom is -0.478 e. The average Bonchev–Trinajstić information content (AvgIpc) is 2.68. The van der Waals surface area contributed by atoms with Crippen molar-refractivity contribution < 1.29 is 9.90 Å². The van der Waals surface area contributed by atoms with Gasteiger partial charge in [0, 0.05) is 23.6 Å². The van der Waals surface area contributed by atoms with E-state index < -0.39 is 5.97 Å². The predicted octanol–water partition coefficient (Wildman–Crippen LogP) is 3.31. The molecule has 0 fully saturated rings. The summed E-state index contributed by atoms with van der Waals surface area (Å²) >= 11 is 0. The molecule has 0 saturated carbocycles. The minimum atomic E-state index is -0.887. The summed E-state index contributed by atoms with van der Waals surface area (Å²) in [7, 11) is 0. The van der Waals surface area contributed by atoms with Crippen LogP contribution in [-0.2, 0) is 6.54 Å². The standard InChI is InChI=1S/C14H15NO2/c1-3-10(2)8-15-9-12(14(16)17)11-6-4-5-7-13(11)15/h4-7,9H,2-3,8H2,1H3,(H,16,17). The molecular formula is C14H15NO2. The Morgan fingerprint density at radius 1 is 1.41 bits per heavy atom. The van der Waals surface area contributed by atoms with Crippen LogP contribution in [0.25, 0.3) is 10.9 Å². The van der Waals surface area contributed by atoms with Crippen LogP contribution >= 0.6 is 0 Å². The molecule has 2 aromatic rings. The Labute approximate surface area is 100.0 Å². The van der Waals surface area contributed by atoms with Gasteiger partial charge in [-0.25, -0.2) is 4.79 Å². The van der Waals surface area contributed by atoms with Crippen molar-refractivity contribution in [2.45, 2.75) is 19.9 Å². The van der Waals surface area contributed by atoms with Gasteiger partial charge >= 0.3 is 5.97 Å². The summed E-state index contributed by atoms with van der Waals surface area (Å²) in [5, 5.41) is 9.93. The number of para-hydroxylation sites is 1. The zero-order valence-corrected chi connectivity index (χ0v) is 9.81. The molecule has 3 heteroatoms. The fourth-order valence-electron chi connectivity index (χ4n) is 1.90. The highest BCUT2D eigenvalue weighted by molar-refractivity contribution is 6.03. The smallest absolute Gasteiger partial charge is 0.337 e. The molecule has 88 valence electrons. The third-order valence-electron chi connectivity index (χ3n) is 2.91. The lowest BCUT2D eigenvalue weighted by Crippen LogP contribution is -1.98. The lowest BCUT2D eigenvalue weighted by Gasteiger charge is -2.05. The van der Waals surface area contributed by atoms with E-state index in [9.17, 15) is 4.79 Å². The maximum absolute atomic E-state index is 11.1. The van der Waals surface area contributed by atoms with Gasteiger partial charge in [-0.3, -0.25) is 0 Å². The summed E-state index contributed by atoms with van der Waals surface area (Å²) in [4.78, 5) is 11.1. The van der Waals surface area contributed by atoms with Crippen molar-refractivity contribution in [1.29, 1.82) is 0 Å². The highest BCUT2D eigenvalue weighted by Crippen LogP contribution is 2.22. The van der Waals surface area contributed by atoms with Crippen LogP contribution in [0, 0.1) is 0 Å². The van der Waals surface area contributed by atoms with E-state index >= 15 is 0 Å². The van der Waals surface area contributed by atoms with Crippen LogP contribution in [-0.4, -0.2) is 15.6 Å². The third-order valence-corrected chi connectivity index (χ3v) is 2.91. The first-order valence-electron chi connectivity index (χ1n) is 5.61. The van der Waals surface area contributed by atoms with E-state index in [1.165, 1.54) is 0 Å². The van der Waals surface area contributed by atoms with Crippen molar-refractivity contribution in [2.75, 3.05) is 0 Å². The molecule has 1 N–H and O–H groups in total. The Morgan fingerprint density at radius 3 is 2.76 bits per heavy atom. The summed E-state index contributed by atoms with van der Waals surface area (Å²) in [6.45, 7) is 6.68. The molecule has 0 aliphatic rings. The van der Waals surface area contributed by atoms with E-state index in [0.717, 1.165) is 22.9 Å². The average molecular weight is 229 g/mol. The molecule has 1 aromatic carbocycles. The lowest BCUT2D eigenvalue weighted by atomic mass is 10.2. The first kappa shape index (κ1) is 11.5. The van der Waals surface area contributed by atoms with Gasteiger partial charge in [0.25, 0.3) is 0 Å². The monoisotopic (exact) mass is 229 g/mol. The van der Waals surface area contributed by atoms with E-state index in [0.29, 0.717) is 12.1 Å². The molecule has 1 aromatic heterocycles. The van der Waals surface area contributed by atoms with Gasteiger partial charge in [-0.1, -0.05) is 37.3 Å². The quantitative estimate of drug-likeness (QED) is 0.817. The van der Waals surface area contributed by atoms with Crippen LogP contribution in [0.5, 0.6) is 0 Å². The zero-order chi connectivity index (χ0) is 12.4. The van der Waals surface area contributed by atoms with Crippen molar-refractivity contribution in [3.05, 3.63) is 48.2 Å². The predicted molar refractivity (Wildman–Crippen MR) is 68.3 cm³/mol. The summed E-state index contributed by atoms with van der Waals surface area (Å²) in [6.07, 6.45) is 2.59. The van der Waals surface area contributed by atoms with Crippen molar-refractivity contribution in [3.8, 4) is 0 Å². The molecule has 0 radical (unpaired) electrons. The van der Waals surface area contributed by atoms with Gasteiger partial charge in [-0.2, -0.15) is 0 Å². The molecule has 0 saturated heterocycles. The number of hydrogen-bond acceptors (Lipinski definition) is 1. The second-order valence-electron chi connectivity index (χ2n) is 4.10. The lowest BCUT2D eigenvalue weighted by molar-refractivity contribution is 0.0699. The normalized spacial score (nSPS) is 10.6. The van der Waals surface area contributed by atoms with Gasteiger partial charge in [-0.05, 0) is 12.5 Å². The van der Waals surface area contributed by atoms with Crippen molar-refractivity contribution in [2.24, 2.45) is 0 Å². The van der Waals surface area contributed by atoms with Crippen molar-refractivity contribution in [1.82, 2.24) is 4.57 Å². The van der Waals surface area contributed by atoms with Crippen LogP contribution in [0.15, 0.2) is 42.6 Å². The third kappa shape index (κ3) is 2.09. The molecule has 0 aliphatic carbocycles. The summed E-state index contributed by atoms with van der Waals surface area (Å²) in [6, 6.07) is 7.54. The number of fused-ring (bicyclic) bond motifs is 1. The van der Waals surface area contributed by atoms with E-state index in [4.69, 9.17) is 5.11 Å². The number of aromatic carboxylic acids is 1. The number of aromatic nitrogens is 1. The number of hydrogen-bond donors (Lipinski definition) is 1. The molecule has 17 heavy (non-hydrogen) atoms. The maximum atomic E-state index is 11.1. The highest BCUT2D eigenvalue weighted by Gasteiger charge is 2.13. The van der Waals surface area contributed by atoms with Crippen molar-refractivity contribution in [3.63, 3.8) is 0 Å². The number of carbonyl (C=O) groups is 1. The number of benzene rings is 1. The molecule has 1 heterocycles. The number of carboxylic acid groups (broad SMARTS) is 1. The van der Waals surface area contributed by atoms with Crippen LogP contribution in [0.3, 0.4) is 0 Å². The van der Waals surface area contributed by atoms with Crippen LogP contribution in [0.4, 0.5) is 0 Å². The molecule has 0 bridgehead atoms. The van der Waals surface area contributed by atoms with Gasteiger partial charge < -0.3 is 9.67 Å². The first-order valence-corrected chi connectivity index (χ1v) is 5.61. The Balaban J connectivity index is 2.56. The molecule has 0 atom stereocenters. The summed E-state index contributed by atoms with van der Waals surface area (Å²) in [5.41, 5.74) is 2.38. The van der Waals surface area contributed by atoms with Gasteiger partial charge in [0.05, 0.1) is 5.56 Å². The molecule has 0 unspecified atom stereocenters. The molecule has 0 amide bonds.